The van der Waals surface area contributed by atoms with E-state index in [-0.39, 0.29) is 17.8 Å². The fourth-order valence-corrected chi connectivity index (χ4v) is 5.25. The van der Waals surface area contributed by atoms with Crippen molar-refractivity contribution in [2.24, 2.45) is 5.10 Å². The van der Waals surface area contributed by atoms with Crippen LogP contribution in [0.2, 0.25) is 5.02 Å². The van der Waals surface area contributed by atoms with Gasteiger partial charge in [0.05, 0.1) is 6.54 Å². The van der Waals surface area contributed by atoms with Gasteiger partial charge in [0, 0.05) is 10.6 Å². The molecule has 180 valence electrons. The number of hydrogen-bond acceptors (Lipinski definition) is 5. The Labute approximate surface area is 207 Å². The number of guanidine groups is 1. The molecule has 10 heteroatoms. The number of benzene rings is 3. The van der Waals surface area contributed by atoms with Gasteiger partial charge in [0.1, 0.15) is 16.8 Å². The molecule has 3 N–H and O–H groups in total. The molecule has 7 nitrogen and oxygen atoms in total. The maximum Gasteiger partial charge on any atom is 0.245 e. The Hall–Kier alpha value is -3.53. The third kappa shape index (κ3) is 4.97. The second-order valence-corrected chi connectivity index (χ2v) is 10.2. The first kappa shape index (κ1) is 24.6. The van der Waals surface area contributed by atoms with E-state index in [9.17, 15) is 17.9 Å². The Bertz CT molecular complexity index is 1380. The Balaban J connectivity index is 1.66. The maximum absolute atomic E-state index is 13.3. The molecule has 0 spiro atoms. The number of aliphatic hydroxyl groups is 1. The van der Waals surface area contributed by atoms with Crippen LogP contribution in [0.5, 0.6) is 0 Å². The van der Waals surface area contributed by atoms with Gasteiger partial charge in [0.15, 0.2) is 5.60 Å². The second kappa shape index (κ2) is 9.61. The zero-order valence-corrected chi connectivity index (χ0v) is 20.0. The molecule has 1 aliphatic rings. The van der Waals surface area contributed by atoms with Crippen molar-refractivity contribution in [2.45, 2.75) is 10.9 Å². The smallest absolute Gasteiger partial charge is 0.245 e. The summed E-state index contributed by atoms with van der Waals surface area (Å²) in [5, 5.41) is 24.9. The third-order valence-electron chi connectivity index (χ3n) is 5.60. The summed E-state index contributed by atoms with van der Waals surface area (Å²) in [6.45, 7) is 3.37. The molecule has 0 aliphatic carbocycles. The molecule has 4 rings (SSSR count). The second-order valence-electron chi connectivity index (χ2n) is 7.94. The number of β-amino-alcohol motifs (C(OH)–C–C–N with tert-alkyl or cyclic N) is 1. The van der Waals surface area contributed by atoms with E-state index in [2.05, 4.69) is 16.4 Å². The van der Waals surface area contributed by atoms with E-state index in [1.165, 1.54) is 18.2 Å². The van der Waals surface area contributed by atoms with Gasteiger partial charge in [-0.25, -0.2) is 17.8 Å². The summed E-state index contributed by atoms with van der Waals surface area (Å²) in [7, 11) is -4.19. The monoisotopic (exact) mass is 512 g/mol. The Kier molecular flexibility index (Phi) is 6.75. The number of nitrogens with zero attached hydrogens (tertiary/aromatic N) is 2. The molecular weight excluding hydrogens is 491 g/mol. The number of nitrogens with one attached hydrogen (secondary N) is 2. The SMILES string of the molecule is C=CC(c1ccc(F)cc1)S(=O)(=O)NC(=N)N1CC(O)(c2ccccc2)C(c2ccc(Cl)cc2)=N1. The van der Waals surface area contributed by atoms with Gasteiger partial charge in [-0.15, -0.1) is 6.58 Å². The zero-order chi connectivity index (χ0) is 25.2. The minimum atomic E-state index is -4.19. The molecule has 0 radical (unpaired) electrons. The van der Waals surface area contributed by atoms with Crippen molar-refractivity contribution in [1.29, 1.82) is 5.41 Å². The lowest BCUT2D eigenvalue weighted by molar-refractivity contribution is 0.103. The van der Waals surface area contributed by atoms with Gasteiger partial charge in [-0.05, 0) is 35.4 Å². The third-order valence-corrected chi connectivity index (χ3v) is 7.47. The first-order valence-electron chi connectivity index (χ1n) is 10.5. The van der Waals surface area contributed by atoms with E-state index >= 15 is 0 Å². The number of sulfonamides is 1. The lowest BCUT2D eigenvalue weighted by Gasteiger charge is -2.26. The van der Waals surface area contributed by atoms with Gasteiger partial charge in [-0.1, -0.05) is 72.3 Å². The summed E-state index contributed by atoms with van der Waals surface area (Å²) in [5.41, 5.74) is -0.00421. The topological polar surface area (TPSA) is 106 Å². The molecule has 2 unspecified atom stereocenters. The minimum Gasteiger partial charge on any atom is -0.377 e. The Morgan fingerprint density at radius 1 is 1.14 bits per heavy atom. The molecule has 0 saturated carbocycles. The number of rotatable bonds is 6. The first-order valence-corrected chi connectivity index (χ1v) is 12.4. The standard InChI is InChI=1S/C25H22ClFN4O3S/c1-2-22(17-10-14-21(27)15-11-17)35(33,34)30-24(28)31-16-25(32,19-6-4-3-5-7-19)23(29-31)18-8-12-20(26)13-9-18/h2-15,22,32H,1,16H2,(H2,28,30). The lowest BCUT2D eigenvalue weighted by Crippen LogP contribution is -2.45. The molecule has 0 saturated heterocycles. The summed E-state index contributed by atoms with van der Waals surface area (Å²) >= 11 is 6.01. The fourth-order valence-electron chi connectivity index (χ4n) is 3.85. The molecule has 35 heavy (non-hydrogen) atoms. The average Bonchev–Trinajstić information content (AvgIpc) is 3.20. The van der Waals surface area contributed by atoms with Crippen molar-refractivity contribution in [3.8, 4) is 0 Å². The molecule has 3 aromatic rings. The van der Waals surface area contributed by atoms with Crippen LogP contribution in [0, 0.1) is 11.2 Å². The Morgan fingerprint density at radius 2 is 1.77 bits per heavy atom. The molecular formula is C25H22ClFN4O3S. The van der Waals surface area contributed by atoms with Crippen LogP contribution in [0.1, 0.15) is 21.9 Å². The molecule has 0 fully saturated rings. The van der Waals surface area contributed by atoms with Crippen molar-refractivity contribution in [2.75, 3.05) is 6.54 Å². The van der Waals surface area contributed by atoms with Crippen LogP contribution in [0.15, 0.2) is 96.6 Å². The number of hydrogen-bond donors (Lipinski definition) is 3. The van der Waals surface area contributed by atoms with Crippen LogP contribution < -0.4 is 4.72 Å². The fraction of sp³-hybridized carbons (Fsp3) is 0.120. The average molecular weight is 513 g/mol. The van der Waals surface area contributed by atoms with Gasteiger partial charge in [-0.2, -0.15) is 5.10 Å². The highest BCUT2D eigenvalue weighted by molar-refractivity contribution is 7.90. The van der Waals surface area contributed by atoms with E-state index in [0.29, 0.717) is 16.1 Å². The quantitative estimate of drug-likeness (QED) is 0.262. The zero-order valence-electron chi connectivity index (χ0n) is 18.4. The van der Waals surface area contributed by atoms with Crippen LogP contribution in [0.4, 0.5) is 4.39 Å². The van der Waals surface area contributed by atoms with Gasteiger partial charge in [0.25, 0.3) is 0 Å². The van der Waals surface area contributed by atoms with Crippen molar-refractivity contribution in [1.82, 2.24) is 9.73 Å². The minimum absolute atomic E-state index is 0.203. The number of halogens is 2. The van der Waals surface area contributed by atoms with Crippen molar-refractivity contribution in [3.63, 3.8) is 0 Å². The summed E-state index contributed by atoms with van der Waals surface area (Å²) < 4.78 is 41.6. The highest BCUT2D eigenvalue weighted by atomic mass is 35.5. The van der Waals surface area contributed by atoms with E-state index in [0.717, 1.165) is 17.1 Å². The molecule has 1 aliphatic heterocycles. The first-order chi connectivity index (χ1) is 16.6. The lowest BCUT2D eigenvalue weighted by atomic mass is 9.86. The highest BCUT2D eigenvalue weighted by Crippen LogP contribution is 2.33. The highest BCUT2D eigenvalue weighted by Gasteiger charge is 2.45. The maximum atomic E-state index is 13.3. The van der Waals surface area contributed by atoms with Crippen LogP contribution in [-0.2, 0) is 15.6 Å². The predicted octanol–water partition coefficient (Wildman–Crippen LogP) is 4.17. The van der Waals surface area contributed by atoms with Crippen LogP contribution in [0.3, 0.4) is 0 Å². The van der Waals surface area contributed by atoms with E-state index < -0.39 is 32.7 Å². The van der Waals surface area contributed by atoms with Crippen molar-refractivity contribution >= 4 is 33.3 Å². The summed E-state index contributed by atoms with van der Waals surface area (Å²) in [6, 6.07) is 20.4. The van der Waals surface area contributed by atoms with Gasteiger partial charge in [0.2, 0.25) is 16.0 Å². The van der Waals surface area contributed by atoms with Crippen molar-refractivity contribution < 1.29 is 17.9 Å². The molecule has 2 atom stereocenters. The Morgan fingerprint density at radius 3 is 2.37 bits per heavy atom. The van der Waals surface area contributed by atoms with Crippen molar-refractivity contribution in [3.05, 3.63) is 119 Å². The van der Waals surface area contributed by atoms with E-state index in [4.69, 9.17) is 17.0 Å². The summed E-state index contributed by atoms with van der Waals surface area (Å²) in [5.74, 6) is -1.06. The molecule has 3 aromatic carbocycles. The normalized spacial score (nSPS) is 18.6. The van der Waals surface area contributed by atoms with E-state index in [1.807, 2.05) is 0 Å². The summed E-state index contributed by atoms with van der Waals surface area (Å²) in [4.78, 5) is 0. The molecule has 0 amide bonds. The van der Waals surface area contributed by atoms with Gasteiger partial charge >= 0.3 is 0 Å². The van der Waals surface area contributed by atoms with Crippen LogP contribution >= 0.6 is 11.6 Å². The molecule has 1 heterocycles. The van der Waals surface area contributed by atoms with Crippen LogP contribution in [0.25, 0.3) is 0 Å². The van der Waals surface area contributed by atoms with Crippen LogP contribution in [-0.4, -0.2) is 36.7 Å². The van der Waals surface area contributed by atoms with Gasteiger partial charge < -0.3 is 5.11 Å². The largest absolute Gasteiger partial charge is 0.377 e. The molecule has 0 bridgehead atoms. The summed E-state index contributed by atoms with van der Waals surface area (Å²) in [6.07, 6.45) is 1.19. The number of hydrazone groups is 1. The molecule has 0 aromatic heterocycles. The van der Waals surface area contributed by atoms with E-state index in [1.54, 1.807) is 54.6 Å². The van der Waals surface area contributed by atoms with Gasteiger partial charge in [-0.3, -0.25) is 10.1 Å². The predicted molar refractivity (Wildman–Crippen MR) is 134 cm³/mol.